The highest BCUT2D eigenvalue weighted by Gasteiger charge is 2.42. The van der Waals surface area contributed by atoms with Gasteiger partial charge in [0.05, 0.1) is 9.26 Å². The molecule has 2 N–H and O–H groups in total. The molecule has 0 radical (unpaired) electrons. The van der Waals surface area contributed by atoms with Crippen LogP contribution in [0, 0.1) is 3.57 Å². The van der Waals surface area contributed by atoms with Crippen LogP contribution in [0.4, 0.5) is 5.82 Å². The Bertz CT molecular complexity index is 621. The molecule has 1 fully saturated rings. The average molecular weight is 381 g/mol. The van der Waals surface area contributed by atoms with E-state index in [0.717, 1.165) is 34.1 Å². The minimum atomic E-state index is -0.345. The monoisotopic (exact) mass is 381 g/mol. The van der Waals surface area contributed by atoms with E-state index in [1.165, 1.54) is 0 Å². The summed E-state index contributed by atoms with van der Waals surface area (Å²) in [5, 5.41) is 0. The average Bonchev–Trinajstić information content (AvgIpc) is 2.43. The number of aromatic nitrogens is 2. The maximum atomic E-state index is 6.07. The minimum absolute atomic E-state index is 0.345. The van der Waals surface area contributed by atoms with Crippen LogP contribution in [0.15, 0.2) is 30.3 Å². The lowest BCUT2D eigenvalue weighted by Crippen LogP contribution is -2.38. The zero-order valence-corrected chi connectivity index (χ0v) is 13.4. The van der Waals surface area contributed by atoms with Crippen molar-refractivity contribution in [1.29, 1.82) is 0 Å². The number of nitrogens with zero attached hydrogens (tertiary/aromatic N) is 2. The number of nitrogens with two attached hydrogens (primary N) is 1. The zero-order chi connectivity index (χ0) is 14.2. The molecule has 2 aromatic rings. The first-order chi connectivity index (χ1) is 9.66. The third kappa shape index (κ3) is 2.18. The van der Waals surface area contributed by atoms with Crippen molar-refractivity contribution in [3.63, 3.8) is 0 Å². The van der Waals surface area contributed by atoms with Crippen LogP contribution >= 0.6 is 22.6 Å². The molecule has 1 aliphatic carbocycles. The predicted molar refractivity (Wildman–Crippen MR) is 87.1 cm³/mol. The van der Waals surface area contributed by atoms with Crippen LogP contribution in [-0.4, -0.2) is 17.1 Å². The van der Waals surface area contributed by atoms with Crippen molar-refractivity contribution in [1.82, 2.24) is 9.97 Å². The minimum Gasteiger partial charge on any atom is -0.383 e. The number of rotatable bonds is 3. The number of ether oxygens (including phenoxy) is 1. The van der Waals surface area contributed by atoms with Gasteiger partial charge < -0.3 is 10.5 Å². The topological polar surface area (TPSA) is 61.0 Å². The number of nitrogen functional groups attached to an aromatic ring is 1. The summed E-state index contributed by atoms with van der Waals surface area (Å²) >= 11 is 2.20. The molecule has 1 aromatic heterocycles. The second-order valence-electron chi connectivity index (χ2n) is 5.01. The van der Waals surface area contributed by atoms with Crippen LogP contribution in [-0.2, 0) is 10.3 Å². The molecule has 0 unspecified atom stereocenters. The molecule has 1 heterocycles. The molecule has 4 nitrogen and oxygen atoms in total. The molecule has 0 saturated heterocycles. The van der Waals surface area contributed by atoms with Crippen molar-refractivity contribution in [2.45, 2.75) is 24.9 Å². The molecule has 20 heavy (non-hydrogen) atoms. The van der Waals surface area contributed by atoms with Gasteiger partial charge in [-0.25, -0.2) is 9.97 Å². The summed E-state index contributed by atoms with van der Waals surface area (Å²) < 4.78 is 6.55. The van der Waals surface area contributed by atoms with Gasteiger partial charge in [0, 0.05) is 12.7 Å². The van der Waals surface area contributed by atoms with Crippen molar-refractivity contribution < 1.29 is 4.74 Å². The van der Waals surface area contributed by atoms with Gasteiger partial charge in [-0.2, -0.15) is 0 Å². The largest absolute Gasteiger partial charge is 0.383 e. The van der Waals surface area contributed by atoms with Gasteiger partial charge in [-0.1, -0.05) is 30.3 Å². The molecular formula is C15H16IN3O. The van der Waals surface area contributed by atoms with Gasteiger partial charge in [0.25, 0.3) is 0 Å². The van der Waals surface area contributed by atoms with E-state index in [4.69, 9.17) is 15.5 Å². The maximum absolute atomic E-state index is 6.07. The summed E-state index contributed by atoms with van der Waals surface area (Å²) in [6.07, 6.45) is 3.05. The van der Waals surface area contributed by atoms with Crippen molar-refractivity contribution in [3.05, 3.63) is 39.7 Å². The van der Waals surface area contributed by atoms with Crippen LogP contribution in [0.5, 0.6) is 0 Å². The Hall–Kier alpha value is -1.21. The van der Waals surface area contributed by atoms with Gasteiger partial charge in [0.2, 0.25) is 0 Å². The molecular weight excluding hydrogens is 365 g/mol. The summed E-state index contributed by atoms with van der Waals surface area (Å²) in [7, 11) is 1.72. The summed E-state index contributed by atoms with van der Waals surface area (Å²) in [6, 6.07) is 10.1. The lowest BCUT2D eigenvalue weighted by molar-refractivity contribution is -0.0845. The molecule has 0 atom stereocenters. The normalized spacial score (nSPS) is 16.7. The van der Waals surface area contributed by atoms with Gasteiger partial charge in [0.1, 0.15) is 11.4 Å². The number of hydrogen-bond acceptors (Lipinski definition) is 4. The third-order valence-electron chi connectivity index (χ3n) is 3.88. The fraction of sp³-hybridized carbons (Fsp3) is 0.333. The fourth-order valence-electron chi connectivity index (χ4n) is 2.47. The summed E-state index contributed by atoms with van der Waals surface area (Å²) in [6.45, 7) is 0. The molecule has 0 bridgehead atoms. The highest BCUT2D eigenvalue weighted by atomic mass is 127. The Morgan fingerprint density at radius 2 is 1.90 bits per heavy atom. The Kier molecular flexibility index (Phi) is 3.64. The number of hydrogen-bond donors (Lipinski definition) is 1. The van der Waals surface area contributed by atoms with Gasteiger partial charge in [-0.05, 0) is 41.9 Å². The maximum Gasteiger partial charge on any atom is 0.163 e. The lowest BCUT2D eigenvalue weighted by Gasteiger charge is -2.39. The Balaban J connectivity index is 2.13. The second kappa shape index (κ2) is 5.29. The Morgan fingerprint density at radius 3 is 2.45 bits per heavy atom. The number of anilines is 1. The van der Waals surface area contributed by atoms with E-state index >= 15 is 0 Å². The first-order valence-corrected chi connectivity index (χ1v) is 7.68. The lowest BCUT2D eigenvalue weighted by atomic mass is 9.79. The molecule has 3 rings (SSSR count). The molecule has 1 aromatic carbocycles. The van der Waals surface area contributed by atoms with Crippen LogP contribution in [0.2, 0.25) is 0 Å². The number of methoxy groups -OCH3 is 1. The van der Waals surface area contributed by atoms with Crippen LogP contribution in [0.1, 0.15) is 25.1 Å². The number of halogens is 1. The van der Waals surface area contributed by atoms with E-state index in [9.17, 15) is 0 Å². The van der Waals surface area contributed by atoms with E-state index in [-0.39, 0.29) is 5.60 Å². The van der Waals surface area contributed by atoms with E-state index in [2.05, 4.69) is 27.6 Å². The van der Waals surface area contributed by atoms with Gasteiger partial charge in [-0.15, -0.1) is 0 Å². The smallest absolute Gasteiger partial charge is 0.163 e. The summed E-state index contributed by atoms with van der Waals surface area (Å²) in [5.74, 6) is 1.24. The van der Waals surface area contributed by atoms with Gasteiger partial charge >= 0.3 is 0 Å². The van der Waals surface area contributed by atoms with Gasteiger partial charge in [-0.3, -0.25) is 0 Å². The van der Waals surface area contributed by atoms with Crippen molar-refractivity contribution in [2.75, 3.05) is 12.8 Å². The quantitative estimate of drug-likeness (QED) is 0.829. The summed E-state index contributed by atoms with van der Waals surface area (Å²) in [5.41, 5.74) is 7.67. The standard InChI is InChI=1S/C15H16IN3O/c1-20-15(8-5-9-15)14-18-12(11(16)13(17)19-14)10-6-3-2-4-7-10/h2-4,6-7H,5,8-9H2,1H3,(H2,17,18,19). The molecule has 5 heteroatoms. The van der Waals surface area contributed by atoms with Crippen LogP contribution < -0.4 is 5.73 Å². The van der Waals surface area contributed by atoms with Gasteiger partial charge in [0.15, 0.2) is 5.82 Å². The molecule has 0 aliphatic heterocycles. The molecule has 0 amide bonds. The zero-order valence-electron chi connectivity index (χ0n) is 11.3. The predicted octanol–water partition coefficient (Wildman–Crippen LogP) is 3.36. The first-order valence-electron chi connectivity index (χ1n) is 6.60. The SMILES string of the molecule is COC1(c2nc(N)c(I)c(-c3ccccc3)n2)CCC1. The highest BCUT2D eigenvalue weighted by molar-refractivity contribution is 14.1. The summed E-state index contributed by atoms with van der Waals surface area (Å²) in [4.78, 5) is 9.20. The third-order valence-corrected chi connectivity index (χ3v) is 4.95. The second-order valence-corrected chi connectivity index (χ2v) is 6.09. The van der Waals surface area contributed by atoms with Crippen molar-refractivity contribution in [3.8, 4) is 11.3 Å². The van der Waals surface area contributed by atoms with E-state index in [1.807, 2.05) is 30.3 Å². The van der Waals surface area contributed by atoms with E-state index < -0.39 is 0 Å². The van der Waals surface area contributed by atoms with E-state index in [1.54, 1.807) is 7.11 Å². The van der Waals surface area contributed by atoms with Crippen molar-refractivity contribution in [2.24, 2.45) is 0 Å². The highest BCUT2D eigenvalue weighted by Crippen LogP contribution is 2.43. The number of benzene rings is 1. The molecule has 0 spiro atoms. The Labute approximate surface area is 131 Å². The van der Waals surface area contributed by atoms with Crippen LogP contribution in [0.3, 0.4) is 0 Å². The van der Waals surface area contributed by atoms with E-state index in [0.29, 0.717) is 11.6 Å². The molecule has 1 saturated carbocycles. The van der Waals surface area contributed by atoms with Crippen LogP contribution in [0.25, 0.3) is 11.3 Å². The molecule has 104 valence electrons. The molecule has 1 aliphatic rings. The first kappa shape index (κ1) is 13.8. The fourth-order valence-corrected chi connectivity index (χ4v) is 3.03. The Morgan fingerprint density at radius 1 is 1.20 bits per heavy atom. The van der Waals surface area contributed by atoms with Crippen molar-refractivity contribution >= 4 is 28.4 Å².